The number of thioether (sulfide) groups is 1. The van der Waals surface area contributed by atoms with Crippen LogP contribution in [-0.4, -0.2) is 28.5 Å². The van der Waals surface area contributed by atoms with Gasteiger partial charge in [-0.1, -0.05) is 43.3 Å². The monoisotopic (exact) mass is 385 g/mol. The highest BCUT2D eigenvalue weighted by Crippen LogP contribution is 2.17. The number of carbonyl (C=O) groups is 3. The van der Waals surface area contributed by atoms with E-state index in [1.54, 1.807) is 18.2 Å². The predicted molar refractivity (Wildman–Crippen MR) is 108 cm³/mol. The van der Waals surface area contributed by atoms with Crippen LogP contribution in [0, 0.1) is 0 Å². The lowest BCUT2D eigenvalue weighted by Gasteiger charge is -2.07. The van der Waals surface area contributed by atoms with Crippen molar-refractivity contribution in [2.45, 2.75) is 31.9 Å². The third-order valence-corrected chi connectivity index (χ3v) is 4.96. The van der Waals surface area contributed by atoms with E-state index in [1.165, 1.54) is 17.3 Å². The van der Waals surface area contributed by atoms with E-state index in [0.717, 1.165) is 12.0 Å². The van der Waals surface area contributed by atoms with Crippen molar-refractivity contribution in [3.8, 4) is 0 Å². The van der Waals surface area contributed by atoms with Gasteiger partial charge in [0.1, 0.15) is 0 Å². The molecule has 0 saturated carbocycles. The van der Waals surface area contributed by atoms with E-state index in [0.29, 0.717) is 17.0 Å². The molecule has 0 aliphatic rings. The minimum absolute atomic E-state index is 0.0396. The van der Waals surface area contributed by atoms with Gasteiger partial charge in [0, 0.05) is 29.8 Å². The highest BCUT2D eigenvalue weighted by atomic mass is 32.2. The van der Waals surface area contributed by atoms with Gasteiger partial charge in [0.2, 0.25) is 5.91 Å². The van der Waals surface area contributed by atoms with Crippen molar-refractivity contribution in [3.63, 3.8) is 0 Å². The first kappa shape index (κ1) is 20.7. The second-order valence-electron chi connectivity index (χ2n) is 6.11. The topological polar surface area (TPSA) is 83.5 Å². The largest absolute Gasteiger partial charge is 0.481 e. The molecular formula is C21H23NO4S. The van der Waals surface area contributed by atoms with Crippen LogP contribution in [0.25, 0.3) is 0 Å². The smallest absolute Gasteiger partial charge is 0.313 e. The number of carboxylic acids is 1. The minimum Gasteiger partial charge on any atom is -0.481 e. The number of aryl methyl sites for hydroxylation is 1. The molecular weight excluding hydrogens is 362 g/mol. The lowest BCUT2D eigenvalue weighted by atomic mass is 10.0. The molecule has 6 heteroatoms. The number of ketones is 1. The van der Waals surface area contributed by atoms with Crippen molar-refractivity contribution in [3.05, 3.63) is 65.2 Å². The summed E-state index contributed by atoms with van der Waals surface area (Å²) in [5.41, 5.74) is 3.38. The average Bonchev–Trinajstić information content (AvgIpc) is 2.66. The Balaban J connectivity index is 1.82. The van der Waals surface area contributed by atoms with Crippen molar-refractivity contribution >= 4 is 35.1 Å². The Hall–Kier alpha value is -2.60. The number of rotatable bonds is 10. The van der Waals surface area contributed by atoms with E-state index in [-0.39, 0.29) is 30.3 Å². The molecule has 0 aromatic heterocycles. The molecule has 0 spiro atoms. The summed E-state index contributed by atoms with van der Waals surface area (Å²) in [6, 6.07) is 14.8. The van der Waals surface area contributed by atoms with Crippen LogP contribution in [0.15, 0.2) is 48.5 Å². The summed E-state index contributed by atoms with van der Waals surface area (Å²) in [6.45, 7) is 2.06. The molecule has 0 unspecified atom stereocenters. The summed E-state index contributed by atoms with van der Waals surface area (Å²) in [4.78, 5) is 34.9. The number of hydrogen-bond acceptors (Lipinski definition) is 4. The number of carbonyl (C=O) groups excluding carboxylic acids is 2. The lowest BCUT2D eigenvalue weighted by Crippen LogP contribution is -2.13. The molecule has 0 heterocycles. The Bertz CT molecular complexity index is 802. The van der Waals surface area contributed by atoms with E-state index < -0.39 is 5.97 Å². The lowest BCUT2D eigenvalue weighted by molar-refractivity contribution is -0.133. The van der Waals surface area contributed by atoms with E-state index in [9.17, 15) is 14.4 Å². The van der Waals surface area contributed by atoms with Gasteiger partial charge >= 0.3 is 5.97 Å². The number of hydrogen-bond donors (Lipinski definition) is 2. The van der Waals surface area contributed by atoms with Crippen LogP contribution >= 0.6 is 11.8 Å². The van der Waals surface area contributed by atoms with Gasteiger partial charge in [0.05, 0.1) is 5.75 Å². The molecule has 0 fully saturated rings. The fraction of sp³-hybridized carbons (Fsp3) is 0.286. The van der Waals surface area contributed by atoms with Crippen LogP contribution in [0.1, 0.15) is 41.3 Å². The van der Waals surface area contributed by atoms with Crippen LogP contribution < -0.4 is 5.32 Å². The van der Waals surface area contributed by atoms with Gasteiger partial charge in [-0.15, -0.1) is 11.8 Å². The molecule has 5 nitrogen and oxygen atoms in total. The van der Waals surface area contributed by atoms with Crippen LogP contribution in [-0.2, 0) is 21.8 Å². The van der Waals surface area contributed by atoms with E-state index in [1.807, 2.05) is 30.3 Å². The van der Waals surface area contributed by atoms with Crippen molar-refractivity contribution in [2.24, 2.45) is 0 Å². The van der Waals surface area contributed by atoms with Crippen molar-refractivity contribution < 1.29 is 19.5 Å². The highest BCUT2D eigenvalue weighted by molar-refractivity contribution is 7.99. The highest BCUT2D eigenvalue weighted by Gasteiger charge is 2.10. The SMILES string of the molecule is CCc1ccc(C(=O)CCC(=O)Nc2cccc(CSCC(=O)O)c2)cc1. The zero-order valence-corrected chi connectivity index (χ0v) is 16.1. The molecule has 142 valence electrons. The summed E-state index contributed by atoms with van der Waals surface area (Å²) >= 11 is 1.30. The standard InChI is InChI=1S/C21H23NO4S/c1-2-15-6-8-17(9-7-15)19(23)10-11-20(24)22-18-5-3-4-16(12-18)13-27-14-21(25)26/h3-9,12H,2,10-11,13-14H2,1H3,(H,22,24)(H,25,26). The normalized spacial score (nSPS) is 10.4. The first-order valence-corrected chi connectivity index (χ1v) is 9.94. The molecule has 0 saturated heterocycles. The molecule has 2 rings (SSSR count). The second kappa shape index (κ2) is 10.5. The van der Waals surface area contributed by atoms with Gasteiger partial charge in [-0.3, -0.25) is 14.4 Å². The van der Waals surface area contributed by atoms with E-state index in [2.05, 4.69) is 12.2 Å². The number of nitrogens with one attached hydrogen (secondary N) is 1. The molecule has 0 radical (unpaired) electrons. The first-order chi connectivity index (χ1) is 13.0. The van der Waals surface area contributed by atoms with Crippen molar-refractivity contribution in [1.29, 1.82) is 0 Å². The molecule has 0 atom stereocenters. The number of anilines is 1. The summed E-state index contributed by atoms with van der Waals surface area (Å²) < 4.78 is 0. The van der Waals surface area contributed by atoms with Crippen LogP contribution in [0.4, 0.5) is 5.69 Å². The third kappa shape index (κ3) is 7.27. The quantitative estimate of drug-likeness (QED) is 0.600. The summed E-state index contributed by atoms with van der Waals surface area (Å²) in [5, 5.41) is 11.5. The molecule has 2 N–H and O–H groups in total. The number of amides is 1. The molecule has 0 aliphatic carbocycles. The van der Waals surface area contributed by atoms with Gasteiger partial charge in [-0.25, -0.2) is 0 Å². The Kier molecular flexibility index (Phi) is 8.07. The Morgan fingerprint density at radius 2 is 1.74 bits per heavy atom. The molecule has 0 aliphatic heterocycles. The average molecular weight is 385 g/mol. The van der Waals surface area contributed by atoms with E-state index in [4.69, 9.17) is 5.11 Å². The third-order valence-electron chi connectivity index (χ3n) is 3.97. The van der Waals surface area contributed by atoms with Crippen molar-refractivity contribution in [2.75, 3.05) is 11.1 Å². The maximum atomic E-state index is 12.2. The Morgan fingerprint density at radius 1 is 1.00 bits per heavy atom. The van der Waals surface area contributed by atoms with Gasteiger partial charge in [0.15, 0.2) is 5.78 Å². The predicted octanol–water partition coefficient (Wildman–Crippen LogP) is 4.17. The first-order valence-electron chi connectivity index (χ1n) is 8.78. The number of carboxylic acid groups (broad SMARTS) is 1. The van der Waals surface area contributed by atoms with Gasteiger partial charge in [0.25, 0.3) is 0 Å². The van der Waals surface area contributed by atoms with Crippen LogP contribution in [0.3, 0.4) is 0 Å². The van der Waals surface area contributed by atoms with Gasteiger partial charge < -0.3 is 10.4 Å². The number of Topliss-reactive ketones (excluding diaryl/α,β-unsaturated/α-hetero) is 1. The molecule has 1 amide bonds. The summed E-state index contributed by atoms with van der Waals surface area (Å²) in [6.07, 6.45) is 1.20. The fourth-order valence-electron chi connectivity index (χ4n) is 2.52. The molecule has 0 bridgehead atoms. The Labute approximate surface area is 163 Å². The maximum Gasteiger partial charge on any atom is 0.313 e. The minimum atomic E-state index is -0.849. The maximum absolute atomic E-state index is 12.2. The van der Waals surface area contributed by atoms with Gasteiger partial charge in [-0.05, 0) is 29.7 Å². The molecule has 27 heavy (non-hydrogen) atoms. The van der Waals surface area contributed by atoms with Crippen LogP contribution in [0.2, 0.25) is 0 Å². The molecule has 2 aromatic carbocycles. The van der Waals surface area contributed by atoms with Crippen LogP contribution in [0.5, 0.6) is 0 Å². The number of benzene rings is 2. The zero-order valence-electron chi connectivity index (χ0n) is 15.2. The second-order valence-corrected chi connectivity index (χ2v) is 7.09. The fourth-order valence-corrected chi connectivity index (χ4v) is 3.21. The summed E-state index contributed by atoms with van der Waals surface area (Å²) in [7, 11) is 0. The van der Waals surface area contributed by atoms with Crippen molar-refractivity contribution in [1.82, 2.24) is 0 Å². The zero-order chi connectivity index (χ0) is 19.6. The molecule has 2 aromatic rings. The van der Waals surface area contributed by atoms with Gasteiger partial charge in [-0.2, -0.15) is 0 Å². The van der Waals surface area contributed by atoms with E-state index >= 15 is 0 Å². The number of aliphatic carboxylic acids is 1. The summed E-state index contributed by atoms with van der Waals surface area (Å²) in [5.74, 6) is -0.519. The Morgan fingerprint density at radius 3 is 2.41 bits per heavy atom.